The average Bonchev–Trinajstić information content (AvgIpc) is 3.15. The first-order valence-corrected chi connectivity index (χ1v) is 8.68. The summed E-state index contributed by atoms with van der Waals surface area (Å²) in [5.41, 5.74) is 1.98. The molecule has 0 aliphatic carbocycles. The highest BCUT2D eigenvalue weighted by Crippen LogP contribution is 2.24. The summed E-state index contributed by atoms with van der Waals surface area (Å²) < 4.78 is 1.75. The largest absolute Gasteiger partial charge is 0.235 e. The summed E-state index contributed by atoms with van der Waals surface area (Å²) in [4.78, 5) is 0.746. The number of nitrogens with zero attached hydrogens (tertiary/aromatic N) is 4. The van der Waals surface area contributed by atoms with Crippen molar-refractivity contribution < 1.29 is 0 Å². The molecule has 24 heavy (non-hydrogen) atoms. The van der Waals surface area contributed by atoms with Crippen LogP contribution in [0, 0.1) is 0 Å². The Morgan fingerprint density at radius 2 is 1.50 bits per heavy atom. The van der Waals surface area contributed by atoms with E-state index in [9.17, 15) is 0 Å². The van der Waals surface area contributed by atoms with Crippen molar-refractivity contribution >= 4 is 51.7 Å². The smallest absolute Gasteiger partial charge is 0.182 e. The molecule has 2 aromatic carbocycles. The summed E-state index contributed by atoms with van der Waals surface area (Å²) in [6.07, 6.45) is 3.94. The standard InChI is InChI=1S/C17H10Cl2N4S/c18-13-6-1-11(2-7-13)3-10-15-22-23-16(20-21-17(23)24-15)12-4-8-14(19)9-5-12/h1-10H/b10-3+. The lowest BCUT2D eigenvalue weighted by molar-refractivity contribution is 0.960. The molecular weight excluding hydrogens is 363 g/mol. The molecule has 118 valence electrons. The molecule has 7 heteroatoms. The van der Waals surface area contributed by atoms with Gasteiger partial charge in [0, 0.05) is 15.6 Å². The zero-order valence-electron chi connectivity index (χ0n) is 12.2. The number of hydrogen-bond donors (Lipinski definition) is 0. The second-order valence-electron chi connectivity index (χ2n) is 5.05. The monoisotopic (exact) mass is 372 g/mol. The topological polar surface area (TPSA) is 43.1 Å². The van der Waals surface area contributed by atoms with Crippen LogP contribution in [0.2, 0.25) is 10.0 Å². The Balaban J connectivity index is 1.66. The van der Waals surface area contributed by atoms with Crippen LogP contribution in [-0.2, 0) is 0 Å². The lowest BCUT2D eigenvalue weighted by Gasteiger charge is -1.96. The van der Waals surface area contributed by atoms with Crippen LogP contribution in [0.25, 0.3) is 28.5 Å². The maximum atomic E-state index is 5.93. The van der Waals surface area contributed by atoms with E-state index in [0.29, 0.717) is 10.8 Å². The Hall–Kier alpha value is -2.21. The Labute approximate surface area is 152 Å². The molecular formula is C17H10Cl2N4S. The van der Waals surface area contributed by atoms with Gasteiger partial charge in [-0.25, -0.2) is 0 Å². The number of rotatable bonds is 3. The molecule has 0 aliphatic rings. The van der Waals surface area contributed by atoms with Crippen LogP contribution < -0.4 is 0 Å². The van der Waals surface area contributed by atoms with Gasteiger partial charge in [-0.2, -0.15) is 9.61 Å². The molecule has 4 rings (SSSR count). The maximum absolute atomic E-state index is 5.93. The third-order valence-corrected chi connectivity index (χ3v) is 4.77. The quantitative estimate of drug-likeness (QED) is 0.488. The second kappa shape index (κ2) is 6.36. The van der Waals surface area contributed by atoms with Crippen molar-refractivity contribution in [2.45, 2.75) is 0 Å². The van der Waals surface area contributed by atoms with E-state index in [-0.39, 0.29) is 0 Å². The van der Waals surface area contributed by atoms with Crippen LogP contribution in [0.1, 0.15) is 10.6 Å². The summed E-state index contributed by atoms with van der Waals surface area (Å²) in [5.74, 6) is 0.698. The molecule has 0 spiro atoms. The molecule has 2 heterocycles. The lowest BCUT2D eigenvalue weighted by atomic mass is 10.2. The van der Waals surface area contributed by atoms with Crippen molar-refractivity contribution in [2.75, 3.05) is 0 Å². The van der Waals surface area contributed by atoms with Gasteiger partial charge in [-0.15, -0.1) is 10.2 Å². The molecule has 0 aliphatic heterocycles. The van der Waals surface area contributed by atoms with E-state index in [1.54, 1.807) is 4.52 Å². The highest BCUT2D eigenvalue weighted by atomic mass is 35.5. The number of fused-ring (bicyclic) bond motifs is 1. The fourth-order valence-corrected chi connectivity index (χ4v) is 3.21. The van der Waals surface area contributed by atoms with Gasteiger partial charge in [0.05, 0.1) is 0 Å². The molecule has 0 saturated heterocycles. The van der Waals surface area contributed by atoms with Crippen LogP contribution in [0.15, 0.2) is 48.5 Å². The van der Waals surface area contributed by atoms with Crippen LogP contribution in [-0.4, -0.2) is 19.8 Å². The Morgan fingerprint density at radius 3 is 2.21 bits per heavy atom. The van der Waals surface area contributed by atoms with Gasteiger partial charge in [0.15, 0.2) is 5.82 Å². The highest BCUT2D eigenvalue weighted by molar-refractivity contribution is 7.17. The zero-order valence-corrected chi connectivity index (χ0v) is 14.6. The van der Waals surface area contributed by atoms with Gasteiger partial charge in [0.25, 0.3) is 0 Å². The normalized spacial score (nSPS) is 11.6. The molecule has 4 aromatic rings. The number of benzene rings is 2. The van der Waals surface area contributed by atoms with E-state index in [1.807, 2.05) is 60.7 Å². The van der Waals surface area contributed by atoms with E-state index < -0.39 is 0 Å². The maximum Gasteiger partial charge on any atom is 0.235 e. The van der Waals surface area contributed by atoms with Gasteiger partial charge in [-0.1, -0.05) is 52.7 Å². The molecule has 0 fully saturated rings. The minimum absolute atomic E-state index is 0.685. The number of hydrogen-bond acceptors (Lipinski definition) is 4. The van der Waals surface area contributed by atoms with Gasteiger partial charge in [-0.3, -0.25) is 0 Å². The van der Waals surface area contributed by atoms with Crippen molar-refractivity contribution in [3.05, 3.63) is 69.1 Å². The van der Waals surface area contributed by atoms with Crippen molar-refractivity contribution in [3.63, 3.8) is 0 Å². The zero-order chi connectivity index (χ0) is 16.5. The van der Waals surface area contributed by atoms with Gasteiger partial charge in [-0.05, 0) is 48.0 Å². The first-order chi connectivity index (χ1) is 11.7. The molecule has 0 bridgehead atoms. The molecule has 0 unspecified atom stereocenters. The fraction of sp³-hybridized carbons (Fsp3) is 0. The number of halogens is 2. The van der Waals surface area contributed by atoms with Crippen molar-refractivity contribution in [2.24, 2.45) is 0 Å². The lowest BCUT2D eigenvalue weighted by Crippen LogP contribution is -1.90. The van der Waals surface area contributed by atoms with Crippen LogP contribution in [0.5, 0.6) is 0 Å². The molecule has 0 atom stereocenters. The van der Waals surface area contributed by atoms with Gasteiger partial charge < -0.3 is 0 Å². The molecule has 0 amide bonds. The average molecular weight is 373 g/mol. The Bertz CT molecular complexity index is 1020. The van der Waals surface area contributed by atoms with Crippen LogP contribution >= 0.6 is 34.5 Å². The van der Waals surface area contributed by atoms with E-state index in [2.05, 4.69) is 15.3 Å². The van der Waals surface area contributed by atoms with Gasteiger partial charge in [0.2, 0.25) is 4.96 Å². The molecule has 2 aromatic heterocycles. The van der Waals surface area contributed by atoms with Crippen LogP contribution in [0.3, 0.4) is 0 Å². The predicted octanol–water partition coefficient (Wildman–Crippen LogP) is 5.33. The molecule has 0 N–H and O–H groups in total. The van der Waals surface area contributed by atoms with Gasteiger partial charge in [0.1, 0.15) is 5.01 Å². The Morgan fingerprint density at radius 1 is 0.833 bits per heavy atom. The Kier molecular flexibility index (Phi) is 4.06. The van der Waals surface area contributed by atoms with E-state index >= 15 is 0 Å². The third kappa shape index (κ3) is 3.06. The summed E-state index contributed by atoms with van der Waals surface area (Å²) in [6.45, 7) is 0. The van der Waals surface area contributed by atoms with Crippen molar-refractivity contribution in [3.8, 4) is 11.4 Å². The molecule has 0 radical (unpaired) electrons. The highest BCUT2D eigenvalue weighted by Gasteiger charge is 2.12. The number of aromatic nitrogens is 4. The third-order valence-electron chi connectivity index (χ3n) is 3.40. The summed E-state index contributed by atoms with van der Waals surface area (Å²) >= 11 is 13.3. The fourth-order valence-electron chi connectivity index (χ4n) is 2.22. The van der Waals surface area contributed by atoms with E-state index in [4.69, 9.17) is 23.2 Å². The minimum Gasteiger partial charge on any atom is -0.182 e. The van der Waals surface area contributed by atoms with Crippen molar-refractivity contribution in [1.29, 1.82) is 0 Å². The molecule has 4 nitrogen and oxygen atoms in total. The predicted molar refractivity (Wildman–Crippen MR) is 99.5 cm³/mol. The van der Waals surface area contributed by atoms with Gasteiger partial charge >= 0.3 is 0 Å². The first-order valence-electron chi connectivity index (χ1n) is 7.11. The van der Waals surface area contributed by atoms with Crippen LogP contribution in [0.4, 0.5) is 0 Å². The summed E-state index contributed by atoms with van der Waals surface area (Å²) in [7, 11) is 0. The second-order valence-corrected chi connectivity index (χ2v) is 6.91. The SMILES string of the molecule is Clc1ccc(/C=C/c2nn3c(-c4ccc(Cl)cc4)nnc3s2)cc1. The van der Waals surface area contributed by atoms with E-state index in [1.165, 1.54) is 11.3 Å². The summed E-state index contributed by atoms with van der Waals surface area (Å²) in [6, 6.07) is 15.1. The first kappa shape index (κ1) is 15.3. The van der Waals surface area contributed by atoms with Crippen molar-refractivity contribution in [1.82, 2.24) is 19.8 Å². The molecule has 0 saturated carbocycles. The minimum atomic E-state index is 0.685. The van der Waals surface area contributed by atoms with E-state index in [0.717, 1.165) is 26.1 Å². The summed E-state index contributed by atoms with van der Waals surface area (Å²) in [5, 5.41) is 15.2.